The molecule has 3 N–H and O–H groups in total. The molecular weight excluding hydrogens is 528 g/mol. The maximum Gasteiger partial charge on any atom is 0.235 e. The number of anilines is 2. The van der Waals surface area contributed by atoms with Crippen LogP contribution in [0.4, 0.5) is 11.4 Å². The van der Waals surface area contributed by atoms with Gasteiger partial charge < -0.3 is 20.5 Å². The summed E-state index contributed by atoms with van der Waals surface area (Å²) < 4.78 is 6.08. The number of Topliss-reactive ketones (excluding diaryl/α,β-unsaturated/α-hetero) is 1. The van der Waals surface area contributed by atoms with Crippen molar-refractivity contribution >= 4 is 39.7 Å². The molecule has 1 fully saturated rings. The van der Waals surface area contributed by atoms with Crippen molar-refractivity contribution in [3.63, 3.8) is 0 Å². The second-order valence-electron chi connectivity index (χ2n) is 11.2. The van der Waals surface area contributed by atoms with E-state index in [1.807, 2.05) is 93.6 Å². The van der Waals surface area contributed by atoms with Gasteiger partial charge in [0, 0.05) is 29.3 Å². The van der Waals surface area contributed by atoms with Crippen LogP contribution < -0.4 is 15.4 Å². The van der Waals surface area contributed by atoms with Gasteiger partial charge in [-0.2, -0.15) is 0 Å². The van der Waals surface area contributed by atoms with Crippen molar-refractivity contribution in [2.75, 3.05) is 17.2 Å². The fraction of sp³-hybridized carbons (Fsp3) is 0.286. The minimum absolute atomic E-state index is 0.336. The second-order valence-corrected chi connectivity index (χ2v) is 11.2. The summed E-state index contributed by atoms with van der Waals surface area (Å²) in [5.41, 5.74) is 1.68. The lowest BCUT2D eigenvalue weighted by Gasteiger charge is -2.45. The van der Waals surface area contributed by atoms with Crippen LogP contribution in [0.5, 0.6) is 5.75 Å². The summed E-state index contributed by atoms with van der Waals surface area (Å²) in [5, 5.41) is 19.4. The first-order valence-corrected chi connectivity index (χ1v) is 14.2. The van der Waals surface area contributed by atoms with E-state index >= 15 is 0 Å². The quantitative estimate of drug-likeness (QED) is 0.233. The molecule has 216 valence electrons. The van der Waals surface area contributed by atoms with Gasteiger partial charge in [-0.05, 0) is 67.8 Å². The molecule has 2 amide bonds. The number of fused-ring (bicyclic) bond motifs is 1. The van der Waals surface area contributed by atoms with Gasteiger partial charge in [0.05, 0.1) is 18.1 Å². The van der Waals surface area contributed by atoms with E-state index in [-0.39, 0.29) is 6.42 Å². The topological polar surface area (TPSA) is 105 Å². The van der Waals surface area contributed by atoms with Crippen molar-refractivity contribution in [1.29, 1.82) is 0 Å². The number of para-hydroxylation sites is 2. The van der Waals surface area contributed by atoms with Crippen molar-refractivity contribution in [1.82, 2.24) is 0 Å². The van der Waals surface area contributed by atoms with Crippen molar-refractivity contribution in [3.8, 4) is 5.75 Å². The molecule has 1 aliphatic rings. The molecule has 4 aromatic rings. The number of carbonyl (C=O) groups excluding carboxylic acids is 3. The van der Waals surface area contributed by atoms with Crippen LogP contribution in [-0.2, 0) is 14.4 Å². The van der Waals surface area contributed by atoms with E-state index in [4.69, 9.17) is 4.74 Å². The fourth-order valence-corrected chi connectivity index (χ4v) is 6.19. The number of aryl methyl sites for hydroxylation is 2. The van der Waals surface area contributed by atoms with E-state index in [0.29, 0.717) is 29.3 Å². The second kappa shape index (κ2) is 11.8. The number of amides is 2. The summed E-state index contributed by atoms with van der Waals surface area (Å²) in [7, 11) is 0. The van der Waals surface area contributed by atoms with E-state index in [2.05, 4.69) is 10.6 Å². The highest BCUT2D eigenvalue weighted by atomic mass is 16.5. The SMILES string of the molecule is CCOc1ccc2ccccc2c1C1C(C(=O)Nc2ccccc2C)C(=O)CC(C)(O)C1C(=O)Nc1ccccc1C. The van der Waals surface area contributed by atoms with Crippen LogP contribution in [0.3, 0.4) is 0 Å². The lowest BCUT2D eigenvalue weighted by Crippen LogP contribution is -2.56. The Labute approximate surface area is 245 Å². The van der Waals surface area contributed by atoms with Gasteiger partial charge in [0.15, 0.2) is 0 Å². The highest BCUT2D eigenvalue weighted by Gasteiger charge is 2.57. The Morgan fingerprint density at radius 3 is 2.05 bits per heavy atom. The summed E-state index contributed by atoms with van der Waals surface area (Å²) in [6.45, 7) is 7.44. The zero-order valence-corrected chi connectivity index (χ0v) is 24.3. The zero-order chi connectivity index (χ0) is 30.0. The van der Waals surface area contributed by atoms with Crippen LogP contribution in [0.2, 0.25) is 0 Å². The molecule has 4 aromatic carbocycles. The predicted octanol–water partition coefficient (Wildman–Crippen LogP) is 6.17. The first-order chi connectivity index (χ1) is 20.1. The molecule has 1 aliphatic carbocycles. The minimum atomic E-state index is -1.74. The average molecular weight is 565 g/mol. The summed E-state index contributed by atoms with van der Waals surface area (Å²) in [5.74, 6) is -4.42. The normalized spacial score (nSPS) is 22.0. The molecular formula is C35H36N2O5. The Hall–Kier alpha value is -4.49. The van der Waals surface area contributed by atoms with Gasteiger partial charge >= 0.3 is 0 Å². The third-order valence-corrected chi connectivity index (χ3v) is 8.20. The molecule has 5 rings (SSSR count). The zero-order valence-electron chi connectivity index (χ0n) is 24.3. The molecule has 0 spiro atoms. The van der Waals surface area contributed by atoms with Gasteiger partial charge in [0.2, 0.25) is 11.8 Å². The molecule has 7 heteroatoms. The van der Waals surface area contributed by atoms with Crippen LogP contribution in [-0.4, -0.2) is 34.9 Å². The Bertz CT molecular complexity index is 1660. The standard InChI is InChI=1S/C35H36N2O5/c1-5-42-28-19-18-23-14-8-9-15-24(23)29(28)31-30(33(39)36-25-16-10-6-12-21(25)2)27(38)20-35(4,41)32(31)34(40)37-26-17-11-7-13-22(26)3/h6-19,30-32,41H,5,20H2,1-4H3,(H,36,39)(H,37,40). The summed E-state index contributed by atoms with van der Waals surface area (Å²) in [6, 6.07) is 26.0. The summed E-state index contributed by atoms with van der Waals surface area (Å²) in [4.78, 5) is 42.3. The molecule has 7 nitrogen and oxygen atoms in total. The van der Waals surface area contributed by atoms with Gasteiger partial charge in [0.1, 0.15) is 17.5 Å². The predicted molar refractivity (Wildman–Crippen MR) is 165 cm³/mol. The molecule has 0 bridgehead atoms. The Morgan fingerprint density at radius 2 is 1.43 bits per heavy atom. The number of ether oxygens (including phenoxy) is 1. The first-order valence-electron chi connectivity index (χ1n) is 14.2. The third kappa shape index (κ3) is 5.52. The molecule has 4 atom stereocenters. The summed E-state index contributed by atoms with van der Waals surface area (Å²) >= 11 is 0. The van der Waals surface area contributed by atoms with Crippen LogP contribution in [0.1, 0.15) is 42.9 Å². The molecule has 4 unspecified atom stereocenters. The van der Waals surface area contributed by atoms with E-state index in [9.17, 15) is 19.5 Å². The number of aliphatic hydroxyl groups is 1. The Balaban J connectivity index is 1.72. The number of benzene rings is 4. The van der Waals surface area contributed by atoms with E-state index in [1.165, 1.54) is 6.92 Å². The molecule has 1 saturated carbocycles. The van der Waals surface area contributed by atoms with E-state index in [1.54, 1.807) is 12.1 Å². The number of hydrogen-bond acceptors (Lipinski definition) is 5. The van der Waals surface area contributed by atoms with Gasteiger partial charge in [-0.1, -0.05) is 66.7 Å². The van der Waals surface area contributed by atoms with Gasteiger partial charge in [-0.25, -0.2) is 0 Å². The molecule has 0 aromatic heterocycles. The molecule has 0 saturated heterocycles. The van der Waals surface area contributed by atoms with E-state index < -0.39 is 41.0 Å². The summed E-state index contributed by atoms with van der Waals surface area (Å²) in [6.07, 6.45) is -0.351. The minimum Gasteiger partial charge on any atom is -0.494 e. The number of rotatable bonds is 7. The maximum absolute atomic E-state index is 14.3. The van der Waals surface area contributed by atoms with Crippen LogP contribution in [0, 0.1) is 25.7 Å². The van der Waals surface area contributed by atoms with Crippen molar-refractivity contribution in [2.24, 2.45) is 11.8 Å². The maximum atomic E-state index is 14.3. The van der Waals surface area contributed by atoms with Gasteiger partial charge in [-0.3, -0.25) is 14.4 Å². The highest BCUT2D eigenvalue weighted by Crippen LogP contribution is 2.51. The largest absolute Gasteiger partial charge is 0.494 e. The fourth-order valence-electron chi connectivity index (χ4n) is 6.19. The number of nitrogens with one attached hydrogen (secondary N) is 2. The number of hydrogen-bond donors (Lipinski definition) is 3. The van der Waals surface area contributed by atoms with Crippen molar-refractivity contribution < 1.29 is 24.2 Å². The average Bonchev–Trinajstić information content (AvgIpc) is 2.94. The molecule has 0 heterocycles. The van der Waals surface area contributed by atoms with Crippen LogP contribution in [0.25, 0.3) is 10.8 Å². The Morgan fingerprint density at radius 1 is 0.857 bits per heavy atom. The van der Waals surface area contributed by atoms with Gasteiger partial charge in [0.25, 0.3) is 0 Å². The first kappa shape index (κ1) is 29.0. The monoisotopic (exact) mass is 564 g/mol. The molecule has 0 radical (unpaired) electrons. The molecule has 42 heavy (non-hydrogen) atoms. The van der Waals surface area contributed by atoms with E-state index in [0.717, 1.165) is 21.9 Å². The lowest BCUT2D eigenvalue weighted by atomic mass is 9.60. The smallest absolute Gasteiger partial charge is 0.235 e. The number of ketones is 1. The third-order valence-electron chi connectivity index (χ3n) is 8.20. The molecule has 0 aliphatic heterocycles. The van der Waals surface area contributed by atoms with Crippen molar-refractivity contribution in [3.05, 3.63) is 102 Å². The van der Waals surface area contributed by atoms with Crippen molar-refractivity contribution in [2.45, 2.75) is 45.6 Å². The number of carbonyl (C=O) groups is 3. The Kier molecular flexibility index (Phi) is 8.14. The van der Waals surface area contributed by atoms with Gasteiger partial charge in [-0.15, -0.1) is 0 Å². The van der Waals surface area contributed by atoms with Crippen LogP contribution >= 0.6 is 0 Å². The highest BCUT2D eigenvalue weighted by molar-refractivity contribution is 6.11. The van der Waals surface area contributed by atoms with Crippen LogP contribution in [0.15, 0.2) is 84.9 Å². The lowest BCUT2D eigenvalue weighted by molar-refractivity contribution is -0.150.